The van der Waals surface area contributed by atoms with Gasteiger partial charge in [0.15, 0.2) is 22.8 Å². The van der Waals surface area contributed by atoms with Crippen LogP contribution in [0.5, 0.6) is 5.75 Å². The van der Waals surface area contributed by atoms with Crippen LogP contribution in [0.4, 0.5) is 5.82 Å². The predicted molar refractivity (Wildman–Crippen MR) is 131 cm³/mol. The van der Waals surface area contributed by atoms with Crippen LogP contribution in [0.1, 0.15) is 39.7 Å². The van der Waals surface area contributed by atoms with Gasteiger partial charge in [-0.3, -0.25) is 4.52 Å². The van der Waals surface area contributed by atoms with E-state index in [1.807, 2.05) is 18.4 Å². The Morgan fingerprint density at radius 1 is 1.34 bits per heavy atom. The van der Waals surface area contributed by atoms with Crippen molar-refractivity contribution >= 4 is 42.7 Å². The second-order valence-corrected chi connectivity index (χ2v) is 9.62. The molecule has 13 heteroatoms. The van der Waals surface area contributed by atoms with Crippen LogP contribution in [0.15, 0.2) is 35.6 Å². The van der Waals surface area contributed by atoms with Crippen molar-refractivity contribution in [2.24, 2.45) is 4.74 Å². The Bertz CT molecular complexity index is 1220. The van der Waals surface area contributed by atoms with E-state index >= 15 is 0 Å². The fourth-order valence-corrected chi connectivity index (χ4v) is 4.14. The monoisotopic (exact) mass is 522 g/mol. The first-order chi connectivity index (χ1) is 16.6. The minimum absolute atomic E-state index is 0.131. The molecule has 2 atom stereocenters. The molecule has 0 aliphatic carbocycles. The van der Waals surface area contributed by atoms with E-state index in [0.717, 1.165) is 0 Å². The molecule has 2 aromatic heterocycles. The number of rotatable bonds is 11. The molecule has 0 bridgehead atoms. The smallest absolute Gasteiger partial charge is 0.395 e. The van der Waals surface area contributed by atoms with Gasteiger partial charge in [-0.05, 0) is 45.4 Å². The van der Waals surface area contributed by atoms with Crippen LogP contribution < -0.4 is 15.2 Å². The number of hydrogen-bond donors (Lipinski definition) is 1. The van der Waals surface area contributed by atoms with Crippen molar-refractivity contribution < 1.29 is 23.7 Å². The zero-order valence-electron chi connectivity index (χ0n) is 20.0. The van der Waals surface area contributed by atoms with Gasteiger partial charge in [0.05, 0.1) is 32.2 Å². The Labute approximate surface area is 209 Å². The SMILES string of the molecule is CCCOC(=O)C(C)(C)N=[P+]([O-])Oc1ccc(Cl)cc1CO[C@H](C)Cn1cnc2c(N)ncnc21. The number of ether oxygens (including phenoxy) is 2. The predicted octanol–water partition coefficient (Wildman–Crippen LogP) is 3.63. The van der Waals surface area contributed by atoms with Gasteiger partial charge in [0, 0.05) is 10.6 Å². The quantitative estimate of drug-likeness (QED) is 0.294. The summed E-state index contributed by atoms with van der Waals surface area (Å²) in [5.41, 5.74) is 6.24. The summed E-state index contributed by atoms with van der Waals surface area (Å²) in [6, 6.07) is 4.85. The van der Waals surface area contributed by atoms with Gasteiger partial charge < -0.3 is 24.7 Å². The van der Waals surface area contributed by atoms with E-state index in [4.69, 9.17) is 31.3 Å². The number of fused-ring (bicyclic) bond motifs is 1. The molecule has 1 aromatic carbocycles. The molecule has 0 fully saturated rings. The largest absolute Gasteiger partial charge is 0.575 e. The van der Waals surface area contributed by atoms with E-state index in [9.17, 15) is 9.69 Å². The van der Waals surface area contributed by atoms with Crippen molar-refractivity contribution in [2.75, 3.05) is 12.3 Å². The summed E-state index contributed by atoms with van der Waals surface area (Å²) in [5, 5.41) is 0.465. The zero-order valence-corrected chi connectivity index (χ0v) is 21.6. The summed E-state index contributed by atoms with van der Waals surface area (Å²) in [5.74, 6) is 0.0287. The molecule has 2 heterocycles. The van der Waals surface area contributed by atoms with Crippen LogP contribution in [0.2, 0.25) is 5.02 Å². The minimum Gasteiger partial charge on any atom is -0.575 e. The summed E-state index contributed by atoms with van der Waals surface area (Å²) in [7, 11) is -2.56. The molecule has 2 N–H and O–H groups in total. The summed E-state index contributed by atoms with van der Waals surface area (Å²) < 4.78 is 22.5. The Kier molecular flexibility index (Phi) is 8.96. The van der Waals surface area contributed by atoms with E-state index in [2.05, 4.69) is 19.7 Å². The molecule has 3 aromatic rings. The standard InChI is InChI=1S/C22H28ClN6O5P/c1-5-8-32-21(30)22(3,4)28-35(31)34-17-7-6-16(23)9-15(17)11-33-14(2)10-29-13-27-18-19(24)25-12-26-20(18)29/h6-7,9,12-14H,5,8,10-11H2,1-4H3,(H2,24,25,26)/t14-/m1/s1. The van der Waals surface area contributed by atoms with Gasteiger partial charge in [-0.2, -0.15) is 0 Å². The van der Waals surface area contributed by atoms with Crippen molar-refractivity contribution in [1.82, 2.24) is 19.5 Å². The number of aromatic nitrogens is 4. The van der Waals surface area contributed by atoms with Crippen LogP contribution >= 0.6 is 19.8 Å². The molecule has 11 nitrogen and oxygen atoms in total. The molecule has 188 valence electrons. The van der Waals surface area contributed by atoms with Crippen molar-refractivity contribution in [3.05, 3.63) is 41.4 Å². The normalized spacial score (nSPS) is 13.1. The van der Waals surface area contributed by atoms with E-state index in [0.29, 0.717) is 40.5 Å². The Hall–Kier alpha value is -2.85. The lowest BCUT2D eigenvalue weighted by atomic mass is 10.1. The highest BCUT2D eigenvalue weighted by molar-refractivity contribution is 7.34. The van der Waals surface area contributed by atoms with Crippen LogP contribution in [0.3, 0.4) is 0 Å². The molecule has 1 unspecified atom stereocenters. The van der Waals surface area contributed by atoms with Gasteiger partial charge in [0.25, 0.3) is 0 Å². The number of anilines is 1. The third-order valence-electron chi connectivity index (χ3n) is 4.87. The van der Waals surface area contributed by atoms with E-state index in [1.165, 1.54) is 20.2 Å². The molecule has 0 saturated heterocycles. The topological polar surface area (TPSA) is 150 Å². The van der Waals surface area contributed by atoms with Gasteiger partial charge in [0.2, 0.25) is 0 Å². The molecule has 0 amide bonds. The highest BCUT2D eigenvalue weighted by atomic mass is 35.5. The van der Waals surface area contributed by atoms with Crippen molar-refractivity contribution in [2.45, 2.75) is 58.9 Å². The molecular weight excluding hydrogens is 495 g/mol. The molecule has 0 radical (unpaired) electrons. The first-order valence-corrected chi connectivity index (χ1v) is 12.5. The summed E-state index contributed by atoms with van der Waals surface area (Å²) in [6.07, 6.45) is 3.44. The Morgan fingerprint density at radius 3 is 2.86 bits per heavy atom. The first-order valence-electron chi connectivity index (χ1n) is 11.0. The molecule has 3 rings (SSSR count). The van der Waals surface area contributed by atoms with Crippen LogP contribution in [-0.2, 0) is 27.4 Å². The number of esters is 1. The Morgan fingerprint density at radius 2 is 2.11 bits per heavy atom. The van der Waals surface area contributed by atoms with E-state index in [1.54, 1.807) is 24.5 Å². The molecule has 0 aliphatic heterocycles. The highest BCUT2D eigenvalue weighted by Gasteiger charge is 2.33. The number of imidazole rings is 1. The van der Waals surface area contributed by atoms with Crippen molar-refractivity contribution in [1.29, 1.82) is 0 Å². The molecule has 0 spiro atoms. The van der Waals surface area contributed by atoms with Gasteiger partial charge in [-0.25, -0.2) is 19.7 Å². The maximum Gasteiger partial charge on any atom is 0.395 e. The lowest BCUT2D eigenvalue weighted by molar-refractivity contribution is -0.170. The number of hydrogen-bond acceptors (Lipinski definition) is 10. The first kappa shape index (κ1) is 26.7. The fourth-order valence-electron chi connectivity index (χ4n) is 3.06. The van der Waals surface area contributed by atoms with Crippen molar-refractivity contribution in [3.8, 4) is 5.75 Å². The van der Waals surface area contributed by atoms with Gasteiger partial charge in [-0.15, -0.1) is 0 Å². The lowest BCUT2D eigenvalue weighted by Gasteiger charge is -2.16. The lowest BCUT2D eigenvalue weighted by Crippen LogP contribution is -2.31. The zero-order chi connectivity index (χ0) is 25.6. The average Bonchev–Trinajstić information content (AvgIpc) is 3.21. The second-order valence-electron chi connectivity index (χ2n) is 8.33. The molecule has 0 saturated carbocycles. The third-order valence-corrected chi connectivity index (χ3v) is 6.13. The van der Waals surface area contributed by atoms with Gasteiger partial charge >= 0.3 is 14.1 Å². The molecular formula is C22H28ClN6O5P. The highest BCUT2D eigenvalue weighted by Crippen LogP contribution is 2.32. The fraction of sp³-hybridized carbons (Fsp3) is 0.455. The molecule has 35 heavy (non-hydrogen) atoms. The number of nitrogen functional groups attached to an aromatic ring is 1. The second kappa shape index (κ2) is 11.7. The maximum atomic E-state index is 12.6. The van der Waals surface area contributed by atoms with Gasteiger partial charge in [-0.1, -0.05) is 23.3 Å². The van der Waals surface area contributed by atoms with E-state index < -0.39 is 19.7 Å². The number of nitrogens with zero attached hydrogens (tertiary/aromatic N) is 5. The van der Waals surface area contributed by atoms with Crippen LogP contribution in [0.25, 0.3) is 11.2 Å². The number of carbonyl (C=O) groups excluding carboxylic acids is 1. The third kappa shape index (κ3) is 7.08. The minimum atomic E-state index is -2.56. The van der Waals surface area contributed by atoms with E-state index in [-0.39, 0.29) is 25.1 Å². The Balaban J connectivity index is 1.68. The molecule has 0 aliphatic rings. The van der Waals surface area contributed by atoms with Crippen molar-refractivity contribution in [3.63, 3.8) is 0 Å². The number of halogens is 1. The number of nitrogens with two attached hydrogens (primary N) is 1. The number of carbonyl (C=O) groups is 1. The van der Waals surface area contributed by atoms with Crippen LogP contribution in [0, 0.1) is 0 Å². The average molecular weight is 523 g/mol. The summed E-state index contributed by atoms with van der Waals surface area (Å²) >= 11 is 6.15. The summed E-state index contributed by atoms with van der Waals surface area (Å²) in [6.45, 7) is 7.67. The maximum absolute atomic E-state index is 12.6. The van der Waals surface area contributed by atoms with Crippen LogP contribution in [-0.4, -0.2) is 43.7 Å². The number of benzene rings is 1. The van der Waals surface area contributed by atoms with Gasteiger partial charge in [0.1, 0.15) is 11.8 Å². The summed E-state index contributed by atoms with van der Waals surface area (Å²) in [4.78, 5) is 37.2.